The first-order valence-electron chi connectivity index (χ1n) is 8.65. The van der Waals surface area contributed by atoms with Crippen molar-refractivity contribution >= 4 is 17.5 Å². The average Bonchev–Trinajstić information content (AvgIpc) is 3.29. The fraction of sp³-hybridized carbons (Fsp3) is 0.368. The van der Waals surface area contributed by atoms with Gasteiger partial charge in [-0.2, -0.15) is 0 Å². The molecule has 6 nitrogen and oxygen atoms in total. The smallest absolute Gasteiger partial charge is 0.268 e. The maximum absolute atomic E-state index is 13.0. The van der Waals surface area contributed by atoms with Gasteiger partial charge in [-0.1, -0.05) is 12.1 Å². The number of carbonyl (C=O) groups is 2. The number of nitrogens with one attached hydrogen (secondary N) is 1. The summed E-state index contributed by atoms with van der Waals surface area (Å²) in [5, 5.41) is 0. The van der Waals surface area contributed by atoms with Gasteiger partial charge in [0.05, 0.1) is 11.7 Å². The summed E-state index contributed by atoms with van der Waals surface area (Å²) in [6.07, 6.45) is 3.20. The Hall–Kier alpha value is -2.76. The molecule has 0 aliphatic carbocycles. The van der Waals surface area contributed by atoms with Crippen molar-refractivity contribution < 1.29 is 14.3 Å². The van der Waals surface area contributed by atoms with Gasteiger partial charge in [0.15, 0.2) is 6.10 Å². The van der Waals surface area contributed by atoms with E-state index in [1.807, 2.05) is 47.5 Å². The van der Waals surface area contributed by atoms with E-state index in [-0.39, 0.29) is 24.4 Å². The molecule has 2 atom stereocenters. The summed E-state index contributed by atoms with van der Waals surface area (Å²) < 4.78 is 5.64. The highest BCUT2D eigenvalue weighted by Gasteiger charge is 2.36. The minimum absolute atomic E-state index is 0.0330. The fourth-order valence-corrected chi connectivity index (χ4v) is 3.69. The van der Waals surface area contributed by atoms with Gasteiger partial charge in [0, 0.05) is 18.4 Å². The van der Waals surface area contributed by atoms with Crippen LogP contribution in [0.5, 0.6) is 5.75 Å². The van der Waals surface area contributed by atoms with Crippen molar-refractivity contribution in [3.8, 4) is 5.75 Å². The Kier molecular flexibility index (Phi) is 3.95. The number of nitrogens with zero attached hydrogens (tertiary/aromatic N) is 2. The number of anilines is 1. The number of ether oxygens (including phenoxy) is 1. The third-order valence-electron chi connectivity index (χ3n) is 4.92. The van der Waals surface area contributed by atoms with Crippen LogP contribution < -0.4 is 9.64 Å². The number of hydrogen-bond donors (Lipinski definition) is 1. The number of aromatic nitrogens is 1. The molecule has 1 aromatic heterocycles. The summed E-state index contributed by atoms with van der Waals surface area (Å²) >= 11 is 0. The second-order valence-electron chi connectivity index (χ2n) is 6.52. The quantitative estimate of drug-likeness (QED) is 0.934. The normalized spacial score (nSPS) is 22.7. The number of fused-ring (bicyclic) bond motifs is 1. The molecule has 2 aromatic rings. The van der Waals surface area contributed by atoms with Gasteiger partial charge >= 0.3 is 0 Å². The molecule has 0 bridgehead atoms. The number of amides is 2. The van der Waals surface area contributed by atoms with Crippen molar-refractivity contribution in [2.75, 3.05) is 18.0 Å². The molecule has 1 saturated heterocycles. The minimum Gasteiger partial charge on any atom is -0.479 e. The molecular formula is C19H21N3O3. The van der Waals surface area contributed by atoms with Gasteiger partial charge in [0.2, 0.25) is 5.91 Å². The third kappa shape index (κ3) is 2.77. The van der Waals surface area contributed by atoms with Crippen molar-refractivity contribution in [3.63, 3.8) is 0 Å². The molecule has 1 aromatic carbocycles. The summed E-state index contributed by atoms with van der Waals surface area (Å²) in [6.45, 7) is 2.48. The number of rotatable bonds is 3. The Labute approximate surface area is 146 Å². The molecule has 2 amide bonds. The molecule has 6 heteroatoms. The van der Waals surface area contributed by atoms with Crippen LogP contribution in [0.15, 0.2) is 42.6 Å². The number of aromatic amines is 1. The first kappa shape index (κ1) is 15.7. The molecule has 0 spiro atoms. The number of H-pyrrole nitrogens is 1. The van der Waals surface area contributed by atoms with Crippen LogP contribution >= 0.6 is 0 Å². The zero-order valence-electron chi connectivity index (χ0n) is 14.1. The predicted octanol–water partition coefficient (Wildman–Crippen LogP) is 2.49. The highest BCUT2D eigenvalue weighted by atomic mass is 16.5. The number of benzene rings is 1. The number of para-hydroxylation sites is 2. The van der Waals surface area contributed by atoms with E-state index in [0.717, 1.165) is 25.1 Å². The molecule has 3 heterocycles. The van der Waals surface area contributed by atoms with Gasteiger partial charge in [-0.3, -0.25) is 14.5 Å². The molecule has 1 fully saturated rings. The number of hydrogen-bond acceptors (Lipinski definition) is 3. The maximum atomic E-state index is 13.0. The van der Waals surface area contributed by atoms with Crippen molar-refractivity contribution in [3.05, 3.63) is 48.3 Å². The standard InChI is InChI=1S/C19H21N3O3/c1-13-19(24)22(16-7-2-3-9-17(16)25-13)12-18(23)21-11-5-8-15(21)14-6-4-10-20-14/h2-4,6-7,9-10,13,15,20H,5,8,11-12H2,1H3/t13-,15+/m0/s1. The molecular weight excluding hydrogens is 318 g/mol. The second-order valence-corrected chi connectivity index (χ2v) is 6.52. The lowest BCUT2D eigenvalue weighted by Gasteiger charge is -2.34. The van der Waals surface area contributed by atoms with E-state index in [4.69, 9.17) is 4.74 Å². The Morgan fingerprint density at radius 2 is 2.12 bits per heavy atom. The first-order chi connectivity index (χ1) is 12.1. The van der Waals surface area contributed by atoms with Crippen molar-refractivity contribution in [2.24, 2.45) is 0 Å². The van der Waals surface area contributed by atoms with E-state index in [9.17, 15) is 9.59 Å². The second kappa shape index (κ2) is 6.27. The van der Waals surface area contributed by atoms with E-state index >= 15 is 0 Å². The van der Waals surface area contributed by atoms with Gasteiger partial charge < -0.3 is 14.6 Å². The molecule has 0 unspecified atom stereocenters. The summed E-state index contributed by atoms with van der Waals surface area (Å²) in [5.41, 5.74) is 1.71. The van der Waals surface area contributed by atoms with Crippen LogP contribution in [0.2, 0.25) is 0 Å². The lowest BCUT2D eigenvalue weighted by molar-refractivity contribution is -0.133. The summed E-state index contributed by atoms with van der Waals surface area (Å²) in [5.74, 6) is 0.432. The Bertz CT molecular complexity index is 787. The van der Waals surface area contributed by atoms with E-state index in [0.29, 0.717) is 11.4 Å². The minimum atomic E-state index is -0.583. The zero-order chi connectivity index (χ0) is 17.4. The van der Waals surface area contributed by atoms with Crippen LogP contribution in [-0.2, 0) is 9.59 Å². The van der Waals surface area contributed by atoms with Crippen LogP contribution in [0, 0.1) is 0 Å². The molecule has 0 radical (unpaired) electrons. The summed E-state index contributed by atoms with van der Waals surface area (Å²) in [4.78, 5) is 32.2. The Morgan fingerprint density at radius 1 is 1.28 bits per heavy atom. The Morgan fingerprint density at radius 3 is 2.92 bits per heavy atom. The maximum Gasteiger partial charge on any atom is 0.268 e. The largest absolute Gasteiger partial charge is 0.479 e. The molecule has 1 N–H and O–H groups in total. The van der Waals surface area contributed by atoms with E-state index in [2.05, 4.69) is 4.98 Å². The SMILES string of the molecule is C[C@@H]1Oc2ccccc2N(CC(=O)N2CCC[C@@H]2c2ccc[nH]2)C1=O. The van der Waals surface area contributed by atoms with Crippen LogP contribution in [0.25, 0.3) is 0 Å². The van der Waals surface area contributed by atoms with Gasteiger partial charge in [0.1, 0.15) is 12.3 Å². The molecule has 2 aliphatic rings. The fourth-order valence-electron chi connectivity index (χ4n) is 3.69. The van der Waals surface area contributed by atoms with Crippen molar-refractivity contribution in [2.45, 2.75) is 31.9 Å². The molecule has 130 valence electrons. The van der Waals surface area contributed by atoms with Gasteiger partial charge in [-0.25, -0.2) is 0 Å². The Balaban J connectivity index is 1.57. The van der Waals surface area contributed by atoms with E-state index < -0.39 is 6.10 Å². The van der Waals surface area contributed by atoms with E-state index in [1.165, 1.54) is 0 Å². The van der Waals surface area contributed by atoms with E-state index in [1.54, 1.807) is 11.8 Å². The highest BCUT2D eigenvalue weighted by Crippen LogP contribution is 2.35. The lowest BCUT2D eigenvalue weighted by Crippen LogP contribution is -2.49. The van der Waals surface area contributed by atoms with Crippen LogP contribution in [0.1, 0.15) is 31.5 Å². The summed E-state index contributed by atoms with van der Waals surface area (Å²) in [6, 6.07) is 11.4. The average molecular weight is 339 g/mol. The van der Waals surface area contributed by atoms with Gasteiger partial charge in [-0.15, -0.1) is 0 Å². The van der Waals surface area contributed by atoms with Crippen LogP contribution in [-0.4, -0.2) is 40.9 Å². The third-order valence-corrected chi connectivity index (χ3v) is 4.92. The summed E-state index contributed by atoms with van der Waals surface area (Å²) in [7, 11) is 0. The van der Waals surface area contributed by atoms with Crippen molar-refractivity contribution in [1.82, 2.24) is 9.88 Å². The van der Waals surface area contributed by atoms with Crippen LogP contribution in [0.3, 0.4) is 0 Å². The molecule has 25 heavy (non-hydrogen) atoms. The highest BCUT2D eigenvalue weighted by molar-refractivity contribution is 6.03. The predicted molar refractivity (Wildman–Crippen MR) is 93.4 cm³/mol. The van der Waals surface area contributed by atoms with Gasteiger partial charge in [0.25, 0.3) is 5.91 Å². The van der Waals surface area contributed by atoms with Gasteiger partial charge in [-0.05, 0) is 44.0 Å². The van der Waals surface area contributed by atoms with Crippen LogP contribution in [0.4, 0.5) is 5.69 Å². The molecule has 4 rings (SSSR count). The number of likely N-dealkylation sites (tertiary alicyclic amines) is 1. The zero-order valence-corrected chi connectivity index (χ0v) is 14.1. The first-order valence-corrected chi connectivity index (χ1v) is 8.65. The monoisotopic (exact) mass is 339 g/mol. The molecule has 0 saturated carbocycles. The lowest BCUT2D eigenvalue weighted by atomic mass is 10.1. The van der Waals surface area contributed by atoms with Crippen molar-refractivity contribution in [1.29, 1.82) is 0 Å². The topological polar surface area (TPSA) is 65.6 Å². The number of carbonyl (C=O) groups excluding carboxylic acids is 2. The molecule has 2 aliphatic heterocycles.